The van der Waals surface area contributed by atoms with Crippen molar-refractivity contribution in [3.63, 3.8) is 0 Å². The van der Waals surface area contributed by atoms with Gasteiger partial charge in [-0.2, -0.15) is 0 Å². The second kappa shape index (κ2) is 7.68. The van der Waals surface area contributed by atoms with Gasteiger partial charge in [-0.25, -0.2) is 0 Å². The van der Waals surface area contributed by atoms with Crippen LogP contribution < -0.4 is 0 Å². The van der Waals surface area contributed by atoms with Gasteiger partial charge in [0.15, 0.2) is 0 Å². The van der Waals surface area contributed by atoms with Gasteiger partial charge in [0.25, 0.3) is 0 Å². The zero-order valence-electron chi connectivity index (χ0n) is 7.74. The van der Waals surface area contributed by atoms with Gasteiger partial charge in [-0.05, 0) is 18.3 Å². The van der Waals surface area contributed by atoms with Crippen molar-refractivity contribution in [2.75, 3.05) is 0 Å². The van der Waals surface area contributed by atoms with Crippen LogP contribution in [0.15, 0.2) is 48.6 Å². The van der Waals surface area contributed by atoms with Crippen molar-refractivity contribution in [1.82, 2.24) is 0 Å². The molecule has 0 saturated heterocycles. The maximum absolute atomic E-state index is 4.93. The molecule has 0 fully saturated rings. The molecule has 0 radical (unpaired) electrons. The Labute approximate surface area is 104 Å². The normalized spacial score (nSPS) is 18.7. The Morgan fingerprint density at radius 2 is 1.07 bits per heavy atom. The van der Waals surface area contributed by atoms with Gasteiger partial charge in [-0.15, -0.1) is 0 Å². The Bertz CT molecular complexity index is 216. The van der Waals surface area contributed by atoms with Crippen molar-refractivity contribution in [2.45, 2.75) is 6.42 Å². The van der Waals surface area contributed by atoms with E-state index in [1.807, 2.05) is 0 Å². The SMILES string of the molecule is C1=CC(CC2C=CC=C2)C=C1.[Cl][Zr][Cl]. The van der Waals surface area contributed by atoms with Gasteiger partial charge in [0, 0.05) is 0 Å². The fraction of sp³-hybridized carbons (Fsp3) is 0.273. The first-order chi connectivity index (χ1) is 6.86. The summed E-state index contributed by atoms with van der Waals surface area (Å²) < 4.78 is 0. The van der Waals surface area contributed by atoms with Crippen LogP contribution in [0.3, 0.4) is 0 Å². The van der Waals surface area contributed by atoms with E-state index in [-0.39, 0.29) is 0 Å². The molecule has 0 heterocycles. The minimum atomic E-state index is -0.826. The van der Waals surface area contributed by atoms with Gasteiger partial charge >= 0.3 is 37.9 Å². The molecule has 0 aromatic carbocycles. The van der Waals surface area contributed by atoms with Crippen LogP contribution in [0.1, 0.15) is 6.42 Å². The van der Waals surface area contributed by atoms with Gasteiger partial charge < -0.3 is 0 Å². The van der Waals surface area contributed by atoms with Crippen LogP contribution in [0.4, 0.5) is 0 Å². The summed E-state index contributed by atoms with van der Waals surface area (Å²) in [6.07, 6.45) is 18.8. The molecule has 0 nitrogen and oxygen atoms in total. The molecule has 2 aliphatic carbocycles. The van der Waals surface area contributed by atoms with Crippen LogP contribution in [-0.2, 0) is 20.8 Å². The zero-order chi connectivity index (χ0) is 10.2. The quantitative estimate of drug-likeness (QED) is 0.716. The molecular formula is C11H12Cl2Zr. The van der Waals surface area contributed by atoms with Gasteiger partial charge in [-0.3, -0.25) is 0 Å². The Kier molecular flexibility index (Phi) is 6.85. The third-order valence-corrected chi connectivity index (χ3v) is 2.20. The fourth-order valence-electron chi connectivity index (χ4n) is 1.58. The molecule has 0 bridgehead atoms. The summed E-state index contributed by atoms with van der Waals surface area (Å²) in [6, 6.07) is 0. The van der Waals surface area contributed by atoms with Gasteiger partial charge in [-0.1, -0.05) is 48.6 Å². The summed E-state index contributed by atoms with van der Waals surface area (Å²) in [6.45, 7) is 0. The van der Waals surface area contributed by atoms with Crippen LogP contribution in [0.25, 0.3) is 0 Å². The van der Waals surface area contributed by atoms with Crippen molar-refractivity contribution < 1.29 is 20.8 Å². The zero-order valence-corrected chi connectivity index (χ0v) is 11.7. The van der Waals surface area contributed by atoms with E-state index in [2.05, 4.69) is 48.6 Å². The predicted molar refractivity (Wildman–Crippen MR) is 59.9 cm³/mol. The second-order valence-corrected chi connectivity index (χ2v) is 6.91. The van der Waals surface area contributed by atoms with Crippen LogP contribution in [0.2, 0.25) is 0 Å². The van der Waals surface area contributed by atoms with Gasteiger partial charge in [0.2, 0.25) is 0 Å². The van der Waals surface area contributed by atoms with E-state index in [9.17, 15) is 0 Å². The second-order valence-electron chi connectivity index (χ2n) is 3.17. The first kappa shape index (κ1) is 12.5. The number of halogens is 2. The predicted octanol–water partition coefficient (Wildman–Crippen LogP) is 4.24. The topological polar surface area (TPSA) is 0 Å². The maximum atomic E-state index is 4.93. The van der Waals surface area contributed by atoms with E-state index >= 15 is 0 Å². The van der Waals surface area contributed by atoms with Gasteiger partial charge in [0.05, 0.1) is 0 Å². The number of hydrogen-bond donors (Lipinski definition) is 0. The summed E-state index contributed by atoms with van der Waals surface area (Å²) in [5.74, 6) is 1.35. The first-order valence-electron chi connectivity index (χ1n) is 4.53. The molecule has 2 rings (SSSR count). The van der Waals surface area contributed by atoms with E-state index in [0.29, 0.717) is 11.8 Å². The van der Waals surface area contributed by atoms with E-state index in [1.54, 1.807) is 0 Å². The molecule has 0 unspecified atom stereocenters. The van der Waals surface area contributed by atoms with Crippen molar-refractivity contribution in [3.8, 4) is 0 Å². The standard InChI is InChI=1S/C11H12.2ClH.Zr/c1-2-6-10(5-1)9-11-7-3-4-8-11;;;/h1-8,10-11H,9H2;2*1H;/q;;;+2/p-2. The van der Waals surface area contributed by atoms with Gasteiger partial charge in [0.1, 0.15) is 0 Å². The minimum absolute atomic E-state index is 0.674. The molecule has 0 aromatic rings. The molecule has 0 saturated carbocycles. The molecule has 0 N–H and O–H groups in total. The van der Waals surface area contributed by atoms with E-state index < -0.39 is 20.8 Å². The molecule has 2 aliphatic rings. The monoisotopic (exact) mass is 304 g/mol. The van der Waals surface area contributed by atoms with Crippen LogP contribution >= 0.6 is 17.0 Å². The summed E-state index contributed by atoms with van der Waals surface area (Å²) >= 11 is -0.826. The molecule has 0 spiro atoms. The summed E-state index contributed by atoms with van der Waals surface area (Å²) in [5, 5.41) is 0. The van der Waals surface area contributed by atoms with Crippen LogP contribution in [-0.4, -0.2) is 0 Å². The molecule has 74 valence electrons. The molecule has 3 heteroatoms. The Hall–Kier alpha value is 0.423. The Morgan fingerprint density at radius 1 is 0.786 bits per heavy atom. The van der Waals surface area contributed by atoms with E-state index in [1.165, 1.54) is 6.42 Å². The average molecular weight is 306 g/mol. The van der Waals surface area contributed by atoms with Crippen molar-refractivity contribution in [2.24, 2.45) is 11.8 Å². The number of rotatable bonds is 2. The third-order valence-electron chi connectivity index (χ3n) is 2.20. The van der Waals surface area contributed by atoms with Crippen LogP contribution in [0, 0.1) is 11.8 Å². The summed E-state index contributed by atoms with van der Waals surface area (Å²) in [7, 11) is 9.87. The molecule has 0 atom stereocenters. The van der Waals surface area contributed by atoms with E-state index in [4.69, 9.17) is 17.0 Å². The Balaban J connectivity index is 0.000000293. The molecule has 14 heavy (non-hydrogen) atoms. The third kappa shape index (κ3) is 4.78. The van der Waals surface area contributed by atoms with Crippen molar-refractivity contribution in [3.05, 3.63) is 48.6 Å². The molecular weight excluding hydrogens is 294 g/mol. The molecule has 0 aliphatic heterocycles. The average Bonchev–Trinajstić information content (AvgIpc) is 2.79. The molecule has 0 aromatic heterocycles. The summed E-state index contributed by atoms with van der Waals surface area (Å²) in [4.78, 5) is 0. The Morgan fingerprint density at radius 3 is 1.36 bits per heavy atom. The van der Waals surface area contributed by atoms with Crippen molar-refractivity contribution in [1.29, 1.82) is 0 Å². The summed E-state index contributed by atoms with van der Waals surface area (Å²) in [5.41, 5.74) is 0. The number of allylic oxidation sites excluding steroid dienone is 8. The fourth-order valence-corrected chi connectivity index (χ4v) is 1.58. The molecule has 0 amide bonds. The first-order valence-corrected chi connectivity index (χ1v) is 10.9. The van der Waals surface area contributed by atoms with E-state index in [0.717, 1.165) is 0 Å². The van der Waals surface area contributed by atoms with Crippen LogP contribution in [0.5, 0.6) is 0 Å². The number of hydrogen-bond acceptors (Lipinski definition) is 0. The van der Waals surface area contributed by atoms with Crippen molar-refractivity contribution >= 4 is 17.0 Å².